The first-order valence-corrected chi connectivity index (χ1v) is 8.34. The monoisotopic (exact) mass is 303 g/mol. The first-order valence-electron chi connectivity index (χ1n) is 6.86. The molecule has 0 unspecified atom stereocenters. The predicted molar refractivity (Wildman–Crippen MR) is 77.5 cm³/mol. The summed E-state index contributed by atoms with van der Waals surface area (Å²) in [4.78, 5) is 0.0785. The van der Waals surface area contributed by atoms with Crippen molar-refractivity contribution in [1.29, 1.82) is 10.5 Å². The van der Waals surface area contributed by atoms with Crippen LogP contribution in [0, 0.1) is 28.6 Å². The number of benzene rings is 1. The minimum Gasteiger partial charge on any atom is -0.207 e. The van der Waals surface area contributed by atoms with E-state index in [1.165, 1.54) is 24.3 Å². The Hall–Kier alpha value is -1.89. The van der Waals surface area contributed by atoms with E-state index in [0.29, 0.717) is 24.3 Å². The van der Waals surface area contributed by atoms with Gasteiger partial charge in [-0.1, -0.05) is 6.92 Å². The van der Waals surface area contributed by atoms with E-state index in [2.05, 4.69) is 17.7 Å². The molecule has 1 aromatic carbocycles. The van der Waals surface area contributed by atoms with Crippen LogP contribution in [0.15, 0.2) is 29.2 Å². The number of nitriles is 2. The van der Waals surface area contributed by atoms with Crippen LogP contribution in [-0.2, 0) is 10.0 Å². The molecule has 0 heterocycles. The molecule has 0 aliphatic heterocycles. The number of rotatable bonds is 3. The van der Waals surface area contributed by atoms with E-state index in [9.17, 15) is 13.7 Å². The Kier molecular flexibility index (Phi) is 4.32. The number of sulfonamides is 1. The second-order valence-electron chi connectivity index (χ2n) is 5.62. The highest BCUT2D eigenvalue weighted by molar-refractivity contribution is 7.89. The van der Waals surface area contributed by atoms with Gasteiger partial charge in [0, 0.05) is 0 Å². The summed E-state index contributed by atoms with van der Waals surface area (Å²) in [5.41, 5.74) is -0.616. The van der Waals surface area contributed by atoms with Crippen LogP contribution in [0.4, 0.5) is 0 Å². The summed E-state index contributed by atoms with van der Waals surface area (Å²) >= 11 is 0. The lowest BCUT2D eigenvalue weighted by molar-refractivity contribution is 0.278. The average Bonchev–Trinajstić information content (AvgIpc) is 2.50. The smallest absolute Gasteiger partial charge is 0.207 e. The molecule has 2 rings (SSSR count). The lowest BCUT2D eigenvalue weighted by atomic mass is 9.79. The topological polar surface area (TPSA) is 93.8 Å². The molecule has 1 fully saturated rings. The Morgan fingerprint density at radius 1 is 1.19 bits per heavy atom. The van der Waals surface area contributed by atoms with Crippen molar-refractivity contribution in [3.8, 4) is 12.1 Å². The van der Waals surface area contributed by atoms with E-state index in [0.717, 1.165) is 12.8 Å². The van der Waals surface area contributed by atoms with Crippen LogP contribution >= 0.6 is 0 Å². The van der Waals surface area contributed by atoms with E-state index < -0.39 is 15.6 Å². The molecular formula is C15H17N3O2S. The van der Waals surface area contributed by atoms with Crippen LogP contribution in [-0.4, -0.2) is 14.0 Å². The average molecular weight is 303 g/mol. The molecule has 1 N–H and O–H groups in total. The van der Waals surface area contributed by atoms with Gasteiger partial charge in [-0.15, -0.1) is 0 Å². The highest BCUT2D eigenvalue weighted by Crippen LogP contribution is 2.32. The van der Waals surface area contributed by atoms with Gasteiger partial charge in [0.15, 0.2) is 0 Å². The normalized spacial score (nSPS) is 25.8. The summed E-state index contributed by atoms with van der Waals surface area (Å²) in [7, 11) is -3.75. The fraction of sp³-hybridized carbons (Fsp3) is 0.467. The molecular weight excluding hydrogens is 286 g/mol. The zero-order chi connectivity index (χ0) is 15.5. The second-order valence-corrected chi connectivity index (χ2v) is 7.30. The van der Waals surface area contributed by atoms with Crippen LogP contribution in [0.5, 0.6) is 0 Å². The molecule has 0 amide bonds. The molecule has 0 aromatic heterocycles. The van der Waals surface area contributed by atoms with Crippen LogP contribution in [0.2, 0.25) is 0 Å². The third-order valence-electron chi connectivity index (χ3n) is 3.97. The Balaban J connectivity index is 2.23. The van der Waals surface area contributed by atoms with Gasteiger partial charge in [-0.3, -0.25) is 0 Å². The molecule has 1 saturated carbocycles. The van der Waals surface area contributed by atoms with Crippen molar-refractivity contribution < 1.29 is 8.42 Å². The second kappa shape index (κ2) is 5.85. The molecule has 1 aromatic rings. The van der Waals surface area contributed by atoms with E-state index in [-0.39, 0.29) is 4.90 Å². The standard InChI is InChI=1S/C15H17N3O2S/c1-12-6-8-15(11-17,9-7-12)18-21(19,20)14-4-2-13(10-16)3-5-14/h2-5,12,18H,6-9H2,1H3. The molecule has 5 nitrogen and oxygen atoms in total. The Morgan fingerprint density at radius 3 is 2.24 bits per heavy atom. The SMILES string of the molecule is CC1CCC(C#N)(NS(=O)(=O)c2ccc(C#N)cc2)CC1. The summed E-state index contributed by atoms with van der Waals surface area (Å²) in [5, 5.41) is 18.1. The van der Waals surface area contributed by atoms with Crippen molar-refractivity contribution in [2.45, 2.75) is 43.0 Å². The summed E-state index contributed by atoms with van der Waals surface area (Å²) in [5.74, 6) is 0.519. The summed E-state index contributed by atoms with van der Waals surface area (Å²) < 4.78 is 27.4. The minimum absolute atomic E-state index is 0.0785. The van der Waals surface area contributed by atoms with Crippen molar-refractivity contribution >= 4 is 10.0 Å². The van der Waals surface area contributed by atoms with Gasteiger partial charge in [0.2, 0.25) is 10.0 Å². The number of nitrogens with zero attached hydrogens (tertiary/aromatic N) is 2. The highest BCUT2D eigenvalue weighted by Gasteiger charge is 2.38. The van der Waals surface area contributed by atoms with Crippen molar-refractivity contribution in [2.24, 2.45) is 5.92 Å². The molecule has 110 valence electrons. The summed E-state index contributed by atoms with van der Waals surface area (Å²) in [6, 6.07) is 9.77. The molecule has 1 aliphatic carbocycles. The minimum atomic E-state index is -3.75. The maximum absolute atomic E-state index is 12.4. The van der Waals surface area contributed by atoms with Crippen LogP contribution < -0.4 is 4.72 Å². The zero-order valence-corrected chi connectivity index (χ0v) is 12.7. The molecule has 21 heavy (non-hydrogen) atoms. The number of nitrogens with one attached hydrogen (secondary N) is 1. The molecule has 0 saturated heterocycles. The molecule has 0 spiro atoms. The van der Waals surface area contributed by atoms with E-state index >= 15 is 0 Å². The van der Waals surface area contributed by atoms with Crippen molar-refractivity contribution in [3.63, 3.8) is 0 Å². The quantitative estimate of drug-likeness (QED) is 0.927. The Morgan fingerprint density at radius 2 is 1.76 bits per heavy atom. The maximum Gasteiger partial charge on any atom is 0.241 e. The number of hydrogen-bond acceptors (Lipinski definition) is 4. The van der Waals surface area contributed by atoms with Crippen molar-refractivity contribution in [2.75, 3.05) is 0 Å². The summed E-state index contributed by atoms with van der Waals surface area (Å²) in [6.07, 6.45) is 2.73. The van der Waals surface area contributed by atoms with Gasteiger partial charge < -0.3 is 0 Å². The van der Waals surface area contributed by atoms with Gasteiger partial charge in [-0.2, -0.15) is 15.2 Å². The predicted octanol–water partition coefficient (Wildman–Crippen LogP) is 2.31. The van der Waals surface area contributed by atoms with Gasteiger partial charge in [0.05, 0.1) is 22.6 Å². The van der Waals surface area contributed by atoms with Crippen molar-refractivity contribution in [1.82, 2.24) is 4.72 Å². The van der Waals surface area contributed by atoms with Gasteiger partial charge in [-0.25, -0.2) is 8.42 Å². The molecule has 1 aliphatic rings. The fourth-order valence-electron chi connectivity index (χ4n) is 2.52. The lowest BCUT2D eigenvalue weighted by Gasteiger charge is -2.33. The van der Waals surface area contributed by atoms with E-state index in [1.54, 1.807) is 0 Å². The largest absolute Gasteiger partial charge is 0.241 e. The Bertz CT molecular complexity index is 688. The first kappa shape index (κ1) is 15.5. The molecule has 0 atom stereocenters. The lowest BCUT2D eigenvalue weighted by Crippen LogP contribution is -2.49. The van der Waals surface area contributed by atoms with Crippen LogP contribution in [0.3, 0.4) is 0 Å². The molecule has 6 heteroatoms. The maximum atomic E-state index is 12.4. The highest BCUT2D eigenvalue weighted by atomic mass is 32.2. The third-order valence-corrected chi connectivity index (χ3v) is 5.52. The fourth-order valence-corrected chi connectivity index (χ4v) is 3.89. The Labute approximate surface area is 125 Å². The van der Waals surface area contributed by atoms with Crippen LogP contribution in [0.25, 0.3) is 0 Å². The van der Waals surface area contributed by atoms with E-state index in [4.69, 9.17) is 5.26 Å². The molecule has 0 bridgehead atoms. The summed E-state index contributed by atoms with van der Waals surface area (Å²) in [6.45, 7) is 2.11. The van der Waals surface area contributed by atoms with Gasteiger partial charge >= 0.3 is 0 Å². The number of hydrogen-bond donors (Lipinski definition) is 1. The zero-order valence-electron chi connectivity index (χ0n) is 11.8. The first-order chi connectivity index (χ1) is 9.91. The van der Waals surface area contributed by atoms with Gasteiger partial charge in [0.1, 0.15) is 5.54 Å². The van der Waals surface area contributed by atoms with Gasteiger partial charge in [-0.05, 0) is 55.9 Å². The molecule has 0 radical (unpaired) electrons. The van der Waals surface area contributed by atoms with E-state index in [1.807, 2.05) is 6.07 Å². The third kappa shape index (κ3) is 3.41. The van der Waals surface area contributed by atoms with Crippen LogP contribution in [0.1, 0.15) is 38.2 Å². The van der Waals surface area contributed by atoms with Crippen molar-refractivity contribution in [3.05, 3.63) is 29.8 Å². The van der Waals surface area contributed by atoms with Gasteiger partial charge in [0.25, 0.3) is 0 Å².